The summed E-state index contributed by atoms with van der Waals surface area (Å²) in [6, 6.07) is 5.84. The molecule has 24 heavy (non-hydrogen) atoms. The second kappa shape index (κ2) is 7.75. The molecule has 2 saturated heterocycles. The molecular formula is C18H26N2O4. The second-order valence-electron chi connectivity index (χ2n) is 6.37. The van der Waals surface area contributed by atoms with E-state index in [1.807, 2.05) is 23.1 Å². The number of amides is 2. The molecule has 0 saturated carbocycles. The van der Waals surface area contributed by atoms with Crippen molar-refractivity contribution in [3.63, 3.8) is 0 Å². The SMILES string of the molecule is COc1ccc([C@@H]2CCCN2C(=O)NC[C@@H]2CCOC2)c(OC)c1. The Labute approximate surface area is 143 Å². The molecule has 0 aromatic heterocycles. The molecule has 2 fully saturated rings. The van der Waals surface area contributed by atoms with Crippen molar-refractivity contribution in [1.82, 2.24) is 10.2 Å². The van der Waals surface area contributed by atoms with Crippen molar-refractivity contribution in [3.05, 3.63) is 23.8 Å². The average molecular weight is 334 g/mol. The maximum atomic E-state index is 12.6. The molecule has 3 rings (SSSR count). The molecule has 1 aromatic carbocycles. The quantitative estimate of drug-likeness (QED) is 0.899. The summed E-state index contributed by atoms with van der Waals surface area (Å²) in [4.78, 5) is 14.5. The summed E-state index contributed by atoms with van der Waals surface area (Å²) < 4.78 is 16.1. The maximum absolute atomic E-state index is 12.6. The van der Waals surface area contributed by atoms with E-state index in [9.17, 15) is 4.79 Å². The van der Waals surface area contributed by atoms with Gasteiger partial charge in [0.1, 0.15) is 11.5 Å². The van der Waals surface area contributed by atoms with Gasteiger partial charge in [0.2, 0.25) is 0 Å². The molecule has 6 heteroatoms. The van der Waals surface area contributed by atoms with Gasteiger partial charge in [-0.25, -0.2) is 4.79 Å². The van der Waals surface area contributed by atoms with E-state index < -0.39 is 0 Å². The van der Waals surface area contributed by atoms with E-state index >= 15 is 0 Å². The van der Waals surface area contributed by atoms with Crippen molar-refractivity contribution in [3.8, 4) is 11.5 Å². The number of nitrogens with zero attached hydrogens (tertiary/aromatic N) is 1. The van der Waals surface area contributed by atoms with Crippen LogP contribution in [0.1, 0.15) is 30.9 Å². The Balaban J connectivity index is 1.69. The minimum absolute atomic E-state index is 0.00210. The van der Waals surface area contributed by atoms with E-state index in [4.69, 9.17) is 14.2 Å². The zero-order chi connectivity index (χ0) is 16.9. The van der Waals surface area contributed by atoms with E-state index in [2.05, 4.69) is 5.32 Å². The minimum Gasteiger partial charge on any atom is -0.497 e. The Kier molecular flexibility index (Phi) is 5.45. The molecule has 0 bridgehead atoms. The molecule has 0 aliphatic carbocycles. The highest BCUT2D eigenvalue weighted by molar-refractivity contribution is 5.75. The van der Waals surface area contributed by atoms with Crippen LogP contribution in [0.4, 0.5) is 4.79 Å². The number of ether oxygens (including phenoxy) is 3. The van der Waals surface area contributed by atoms with Gasteiger partial charge in [0.15, 0.2) is 0 Å². The molecular weight excluding hydrogens is 308 g/mol. The molecule has 2 atom stereocenters. The first-order chi connectivity index (χ1) is 11.7. The zero-order valence-corrected chi connectivity index (χ0v) is 14.4. The van der Waals surface area contributed by atoms with E-state index in [0.29, 0.717) is 12.5 Å². The smallest absolute Gasteiger partial charge is 0.317 e. The minimum atomic E-state index is 0.00210. The van der Waals surface area contributed by atoms with Crippen LogP contribution in [0.15, 0.2) is 18.2 Å². The largest absolute Gasteiger partial charge is 0.497 e. The van der Waals surface area contributed by atoms with Gasteiger partial charge in [-0.15, -0.1) is 0 Å². The number of benzene rings is 1. The number of hydrogen-bond acceptors (Lipinski definition) is 4. The molecule has 2 heterocycles. The number of carbonyl (C=O) groups is 1. The molecule has 6 nitrogen and oxygen atoms in total. The number of likely N-dealkylation sites (tertiary alicyclic amines) is 1. The van der Waals surface area contributed by atoms with Gasteiger partial charge >= 0.3 is 6.03 Å². The third kappa shape index (κ3) is 3.59. The summed E-state index contributed by atoms with van der Waals surface area (Å²) in [6.07, 6.45) is 2.97. The average Bonchev–Trinajstić information content (AvgIpc) is 3.30. The van der Waals surface area contributed by atoms with Gasteiger partial charge in [0, 0.05) is 37.2 Å². The van der Waals surface area contributed by atoms with Crippen molar-refractivity contribution in [1.29, 1.82) is 0 Å². The van der Waals surface area contributed by atoms with E-state index in [1.165, 1.54) is 0 Å². The molecule has 0 spiro atoms. The molecule has 2 aliphatic heterocycles. The number of rotatable bonds is 5. The van der Waals surface area contributed by atoms with Gasteiger partial charge < -0.3 is 24.4 Å². The lowest BCUT2D eigenvalue weighted by molar-refractivity contribution is 0.178. The lowest BCUT2D eigenvalue weighted by Gasteiger charge is -2.27. The molecule has 1 N–H and O–H groups in total. The van der Waals surface area contributed by atoms with Crippen molar-refractivity contribution < 1.29 is 19.0 Å². The Bertz CT molecular complexity index is 572. The fourth-order valence-electron chi connectivity index (χ4n) is 3.50. The fraction of sp³-hybridized carbons (Fsp3) is 0.611. The van der Waals surface area contributed by atoms with Gasteiger partial charge in [0.25, 0.3) is 0 Å². The number of nitrogens with one attached hydrogen (secondary N) is 1. The second-order valence-corrected chi connectivity index (χ2v) is 6.37. The molecule has 2 aliphatic rings. The first-order valence-corrected chi connectivity index (χ1v) is 8.57. The Hall–Kier alpha value is -1.95. The van der Waals surface area contributed by atoms with Gasteiger partial charge in [-0.2, -0.15) is 0 Å². The summed E-state index contributed by atoms with van der Waals surface area (Å²) in [5.74, 6) is 1.96. The fourth-order valence-corrected chi connectivity index (χ4v) is 3.50. The van der Waals surface area contributed by atoms with Crippen LogP contribution in [0.3, 0.4) is 0 Å². The lowest BCUT2D eigenvalue weighted by atomic mass is 10.0. The Morgan fingerprint density at radius 3 is 2.92 bits per heavy atom. The summed E-state index contributed by atoms with van der Waals surface area (Å²) in [5.41, 5.74) is 1.04. The highest BCUT2D eigenvalue weighted by Crippen LogP contribution is 2.38. The van der Waals surface area contributed by atoms with Crippen LogP contribution < -0.4 is 14.8 Å². The van der Waals surface area contributed by atoms with E-state index in [-0.39, 0.29) is 12.1 Å². The van der Waals surface area contributed by atoms with Gasteiger partial charge in [0.05, 0.1) is 26.9 Å². The summed E-state index contributed by atoms with van der Waals surface area (Å²) in [5, 5.41) is 3.07. The van der Waals surface area contributed by atoms with Gasteiger partial charge in [-0.3, -0.25) is 0 Å². The van der Waals surface area contributed by atoms with E-state index in [1.54, 1.807) is 14.2 Å². The predicted molar refractivity (Wildman–Crippen MR) is 90.6 cm³/mol. The van der Waals surface area contributed by atoms with Gasteiger partial charge in [-0.05, 0) is 31.4 Å². The van der Waals surface area contributed by atoms with Crippen molar-refractivity contribution in [2.45, 2.75) is 25.3 Å². The molecule has 0 radical (unpaired) electrons. The van der Waals surface area contributed by atoms with Crippen LogP contribution in [0.5, 0.6) is 11.5 Å². The first kappa shape index (κ1) is 16.9. The lowest BCUT2D eigenvalue weighted by Crippen LogP contribution is -2.41. The summed E-state index contributed by atoms with van der Waals surface area (Å²) in [7, 11) is 3.29. The third-order valence-electron chi connectivity index (χ3n) is 4.88. The standard InChI is InChI=1S/C18H26N2O4/c1-22-14-5-6-15(17(10-14)23-2)16-4-3-8-20(16)18(21)19-11-13-7-9-24-12-13/h5-6,10,13,16H,3-4,7-9,11-12H2,1-2H3,(H,19,21)/t13-,16-/m0/s1. The maximum Gasteiger partial charge on any atom is 0.317 e. The normalized spacial score (nSPS) is 23.3. The Morgan fingerprint density at radius 1 is 1.33 bits per heavy atom. The molecule has 1 aromatic rings. The van der Waals surface area contributed by atoms with Crippen molar-refractivity contribution in [2.24, 2.45) is 5.92 Å². The topological polar surface area (TPSA) is 60.0 Å². The molecule has 2 amide bonds. The monoisotopic (exact) mass is 334 g/mol. The zero-order valence-electron chi connectivity index (χ0n) is 14.4. The number of carbonyl (C=O) groups excluding carboxylic acids is 1. The number of methoxy groups -OCH3 is 2. The van der Waals surface area contributed by atoms with Crippen LogP contribution in [-0.2, 0) is 4.74 Å². The predicted octanol–water partition coefficient (Wildman–Crippen LogP) is 2.59. The van der Waals surface area contributed by atoms with Crippen LogP contribution in [0, 0.1) is 5.92 Å². The van der Waals surface area contributed by atoms with Crippen molar-refractivity contribution >= 4 is 6.03 Å². The first-order valence-electron chi connectivity index (χ1n) is 8.57. The molecule has 132 valence electrons. The van der Waals surface area contributed by atoms with Crippen LogP contribution in [0.2, 0.25) is 0 Å². The number of urea groups is 1. The number of hydrogen-bond donors (Lipinski definition) is 1. The van der Waals surface area contributed by atoms with E-state index in [0.717, 1.165) is 56.1 Å². The van der Waals surface area contributed by atoms with Crippen molar-refractivity contribution in [2.75, 3.05) is 40.5 Å². The molecule has 0 unspecified atom stereocenters. The van der Waals surface area contributed by atoms with Gasteiger partial charge in [-0.1, -0.05) is 0 Å². The summed E-state index contributed by atoms with van der Waals surface area (Å²) >= 11 is 0. The highest BCUT2D eigenvalue weighted by atomic mass is 16.5. The third-order valence-corrected chi connectivity index (χ3v) is 4.88. The van der Waals surface area contributed by atoms with Crippen LogP contribution in [0.25, 0.3) is 0 Å². The van der Waals surface area contributed by atoms with Crippen LogP contribution >= 0.6 is 0 Å². The van der Waals surface area contributed by atoms with Crippen LogP contribution in [-0.4, -0.2) is 51.5 Å². The Morgan fingerprint density at radius 2 is 2.21 bits per heavy atom. The highest BCUT2D eigenvalue weighted by Gasteiger charge is 2.32. The summed E-state index contributed by atoms with van der Waals surface area (Å²) in [6.45, 7) is 3.00.